The molecular formula is C114H259Cl12O4V5-7. The summed E-state index contributed by atoms with van der Waals surface area (Å²) in [5.41, 5.74) is 0. The van der Waals surface area contributed by atoms with E-state index in [1.165, 1.54) is 128 Å². The van der Waals surface area contributed by atoms with Crippen LogP contribution < -0.4 is 0 Å². The molecule has 0 N–H and O–H groups in total. The Hall–Kier alpha value is 6.08. The van der Waals surface area contributed by atoms with E-state index < -0.39 is 3.25 Å². The van der Waals surface area contributed by atoms with Gasteiger partial charge in [0.25, 0.3) is 3.25 Å². The zero-order valence-electron chi connectivity index (χ0n) is 95.2. The Bertz CT molecular complexity index is 1480. The van der Waals surface area contributed by atoms with Crippen LogP contribution in [0.3, 0.4) is 0 Å². The summed E-state index contributed by atoms with van der Waals surface area (Å²) in [6, 6.07) is 0. The van der Waals surface area contributed by atoms with Gasteiger partial charge in [-0.3, -0.25) is 0 Å². The molecule has 3 aliphatic heterocycles. The molecule has 3 heterocycles. The summed E-state index contributed by atoms with van der Waals surface area (Å²) in [5.74, 6) is 29.4. The van der Waals surface area contributed by atoms with Gasteiger partial charge >= 0.3 is 142 Å². The molecule has 855 valence electrons. The molecule has 0 bridgehead atoms. The van der Waals surface area contributed by atoms with Gasteiger partial charge in [-0.25, -0.2) is 0 Å². The molecule has 10 unspecified atom stereocenters. The fraction of sp³-hybridized carbons (Fsp3) is 0.921. The second-order valence-corrected chi connectivity index (χ2v) is 47.0. The van der Waals surface area contributed by atoms with Crippen LogP contribution in [-0.2, 0) is 96.9 Å². The number of rotatable bonds is 0. The van der Waals surface area contributed by atoms with Crippen LogP contribution in [0.5, 0.6) is 0 Å². The van der Waals surface area contributed by atoms with Crippen LogP contribution in [-0.4, -0.2) is 42.9 Å². The van der Waals surface area contributed by atoms with Crippen molar-refractivity contribution in [2.45, 2.75) is 460 Å². The Morgan fingerprint density at radius 2 is 0.281 bits per heavy atom. The van der Waals surface area contributed by atoms with Crippen LogP contribution in [0.2, 0.25) is 0 Å². The van der Waals surface area contributed by atoms with Crippen molar-refractivity contribution in [1.29, 1.82) is 0 Å². The fourth-order valence-corrected chi connectivity index (χ4v) is 18.8. The molecule has 3 saturated heterocycles. The third-order valence-electron chi connectivity index (χ3n) is 30.8. The maximum Gasteiger partial charge on any atom is 2.00 e. The van der Waals surface area contributed by atoms with Crippen molar-refractivity contribution in [3.05, 3.63) is 66.8 Å². The van der Waals surface area contributed by atoms with Gasteiger partial charge < -0.3 is 81.1 Å². The summed E-state index contributed by atoms with van der Waals surface area (Å²) < 4.78 is 21.4. The molecule has 0 aromatic carbocycles. The van der Waals surface area contributed by atoms with Crippen molar-refractivity contribution in [3.8, 4) is 0 Å². The molecule has 0 spiro atoms. The van der Waals surface area contributed by atoms with Crippen LogP contribution in [0, 0.1) is 250 Å². The molecule has 9 aliphatic carbocycles. The second kappa shape index (κ2) is 144. The van der Waals surface area contributed by atoms with Crippen LogP contribution in [0.4, 0.5) is 0 Å². The van der Waals surface area contributed by atoms with Crippen LogP contribution in [0.25, 0.3) is 0 Å². The quantitative estimate of drug-likeness (QED) is 0.179. The zero-order chi connectivity index (χ0) is 94.0. The van der Waals surface area contributed by atoms with Gasteiger partial charge in [0.1, 0.15) is 0 Å². The van der Waals surface area contributed by atoms with Crippen molar-refractivity contribution in [2.75, 3.05) is 39.6 Å². The maximum atomic E-state index is 8.19. The maximum absolute atomic E-state index is 8.19. The first-order valence-corrected chi connectivity index (χ1v) is 62.0. The predicted octanol–water partition coefficient (Wildman–Crippen LogP) is 48.0. The van der Waals surface area contributed by atoms with Gasteiger partial charge in [-0.05, 0) is 248 Å². The topological polar surface area (TPSA) is 44.8 Å². The Morgan fingerprint density at radius 3 is 0.319 bits per heavy atom. The molecule has 12 aliphatic rings. The van der Waals surface area contributed by atoms with E-state index in [4.69, 9.17) is 123 Å². The van der Waals surface area contributed by atoms with Gasteiger partial charge in [-0.2, -0.15) is 0 Å². The van der Waals surface area contributed by atoms with Crippen LogP contribution in [0.15, 0.2) is 0 Å². The minimum absolute atomic E-state index is 0. The summed E-state index contributed by atoms with van der Waals surface area (Å²) in [7, 11) is 29.1. The van der Waals surface area contributed by atoms with E-state index >= 15 is 0 Å². The van der Waals surface area contributed by atoms with Crippen molar-refractivity contribution < 1.29 is 96.9 Å². The molecule has 0 amide bonds. The minimum Gasteiger partial charge on any atom is 2.00 e. The SMILES string of the molecule is C.C.C.C.C.C.C1CCCC1.C1CCCC1.C1CCOC1.C1CCOC1.C1CCOC1.CC.CC.CC.CC.CC.CC1C(C)C(C)C(C)C1C.CC1C(C)C(C)C(C)C1C.CC1C(C)C(C)C(C)C1C.CC1C(C)C(C)C(C)C1C.CC1CC(C)C(C)C1.CC1CC(C)C(C)C1C.CC1CC(C)C(C)C1C.Cl.Cl.ClC(Cl)(Cl)Cl.[CH3-].[CH3-].[CH3-].[CH3-].[CH3-].[CH3-].[CH3-].[CH3-].[CH3-].[Cl][V][Cl].[Cl][V][Cl].[Cl][V][Cl].[O]=[V].[V+2]. The molecule has 12 rings (SSSR count). The van der Waals surface area contributed by atoms with E-state index in [1.807, 2.05) is 69.2 Å². The molecule has 0 aromatic heterocycles. The van der Waals surface area contributed by atoms with Gasteiger partial charge in [0, 0.05) is 39.6 Å². The number of halogens is 12. The van der Waals surface area contributed by atoms with Gasteiger partial charge in [-0.1, -0.05) is 439 Å². The van der Waals surface area contributed by atoms with E-state index in [-0.39, 0.29) is 198 Å². The fourth-order valence-electron chi connectivity index (χ4n) is 18.8. The Labute approximate surface area is 967 Å². The standard InChI is InChI=1S/4C10H20.2C9H18.C8H16.2C5H10.3C4H8O.5C2H6.CCl4.6CH4.9CH3.8ClH.O.5V/c4*1-6-7(2)9(4)10(5)8(6)3;2*1-6-5-7(2)9(4)8(6)3;1-6-4-7(2)8(3)5-6;5*1-2-4-5-3-1;5*1-2;2-1(3,4)5;;;;;;;;;;;;;;;;;;;;;;;;;;;;;/h4*6-10H,1-5H3;2*6-9H,5H2,1-4H3;6-8H,4-5H2,1-3H3;2*1-5H2;3*1-4H2;5*1-2H3;;6*1H4;9*1H3;8*1H;;;;;;/q;;;;;;;;;;;;;;;;;;;;;;;;9*-1;;;;;;;;;;;4*+2/p-6. The van der Waals surface area contributed by atoms with Gasteiger partial charge in [0.2, 0.25) is 0 Å². The molecular weight excluding hydrogens is 2110 g/mol. The molecule has 135 heavy (non-hydrogen) atoms. The summed E-state index contributed by atoms with van der Waals surface area (Å²) >= 11 is 19.3. The largest absolute Gasteiger partial charge is 2.00 e. The third-order valence-corrected chi connectivity index (χ3v) is 30.8. The van der Waals surface area contributed by atoms with Crippen LogP contribution in [0.1, 0.15) is 457 Å². The molecule has 4 nitrogen and oxygen atoms in total. The van der Waals surface area contributed by atoms with Gasteiger partial charge in [0.05, 0.1) is 0 Å². The molecule has 0 aromatic rings. The average molecular weight is 2370 g/mol. The first-order chi connectivity index (χ1) is 54.9. The van der Waals surface area contributed by atoms with E-state index in [2.05, 4.69) is 215 Å². The van der Waals surface area contributed by atoms with Crippen molar-refractivity contribution in [1.82, 2.24) is 0 Å². The number of hydrogen-bond acceptors (Lipinski definition) is 4. The zero-order valence-corrected chi connectivity index (χ0v) is 111. The van der Waals surface area contributed by atoms with E-state index in [1.54, 1.807) is 0 Å². The van der Waals surface area contributed by atoms with E-state index in [0.29, 0.717) is 0 Å². The molecule has 9 saturated carbocycles. The Balaban J connectivity index is -0.0000000345. The van der Waals surface area contributed by atoms with Gasteiger partial charge in [0.15, 0.2) is 0 Å². The van der Waals surface area contributed by atoms with Crippen molar-refractivity contribution in [3.63, 3.8) is 0 Å². The molecule has 12 fully saturated rings. The monoisotopic (exact) mass is 2370 g/mol. The number of hydrogen-bond donors (Lipinski definition) is 0. The number of ether oxygens (including phenoxy) is 3. The molecule has 10 atom stereocenters. The molecule has 21 heteroatoms. The Kier molecular flexibility index (Phi) is 231. The number of alkyl halides is 4. The summed E-state index contributed by atoms with van der Waals surface area (Å²) in [5, 5.41) is 0. The van der Waals surface area contributed by atoms with E-state index in [9.17, 15) is 0 Å². The Morgan fingerprint density at radius 1 is 0.200 bits per heavy atom. The van der Waals surface area contributed by atoms with Crippen molar-refractivity contribution >= 4 is 130 Å². The summed E-state index contributed by atoms with van der Waals surface area (Å²) in [6.07, 6.45) is 28.5. The average Bonchev–Trinajstić information content (AvgIpc) is 1.70. The van der Waals surface area contributed by atoms with Crippen LogP contribution >= 0.6 is 130 Å². The normalized spacial score (nSPS) is 31.6. The van der Waals surface area contributed by atoms with Gasteiger partial charge in [-0.15, -0.1) is 24.8 Å². The summed E-state index contributed by atoms with van der Waals surface area (Å²) in [6.45, 7) is 100. The first-order valence-electron chi connectivity index (χ1n) is 48.3. The molecule has 1 radical (unpaired) electrons. The van der Waals surface area contributed by atoms with E-state index in [0.717, 1.165) is 240 Å². The third kappa shape index (κ3) is 111. The predicted molar refractivity (Wildman–Crippen MR) is 640 cm³/mol. The summed E-state index contributed by atoms with van der Waals surface area (Å²) in [4.78, 5) is 0. The second-order valence-electron chi connectivity index (χ2n) is 36.6. The van der Waals surface area contributed by atoms with Crippen molar-refractivity contribution in [2.24, 2.45) is 183 Å². The smallest absolute Gasteiger partial charge is 2.00 e. The first kappa shape index (κ1) is 216. The minimum atomic E-state index is -1.61.